The number of rotatable bonds is 3. The molecule has 0 saturated carbocycles. The molecule has 1 rings (SSSR count). The summed E-state index contributed by atoms with van der Waals surface area (Å²) in [5, 5.41) is 0. The molecule has 14 heavy (non-hydrogen) atoms. The van der Waals surface area contributed by atoms with E-state index in [1.165, 1.54) is 15.3 Å². The summed E-state index contributed by atoms with van der Waals surface area (Å²) in [4.78, 5) is 13.4. The van der Waals surface area contributed by atoms with Crippen molar-refractivity contribution >= 4 is 23.7 Å². The maximum absolute atomic E-state index is 10.8. The van der Waals surface area contributed by atoms with Crippen molar-refractivity contribution in [1.29, 1.82) is 0 Å². The van der Waals surface area contributed by atoms with Crippen LogP contribution in [0.4, 0.5) is 0 Å². The Balaban J connectivity index is 3.05. The van der Waals surface area contributed by atoms with E-state index in [0.717, 1.165) is 11.9 Å². The lowest BCUT2D eigenvalue weighted by Gasteiger charge is -2.02. The van der Waals surface area contributed by atoms with Crippen molar-refractivity contribution in [3.63, 3.8) is 0 Å². The molecule has 0 radical (unpaired) electrons. The molecular formula is C12H16OS. The van der Waals surface area contributed by atoms with Crippen molar-refractivity contribution in [2.24, 2.45) is 5.92 Å². The second kappa shape index (κ2) is 4.56. The van der Waals surface area contributed by atoms with Gasteiger partial charge in [-0.3, -0.25) is 4.79 Å². The minimum Gasteiger partial charge on any atom is -0.298 e. The molecule has 0 N–H and O–H groups in total. The number of allylic oxidation sites excluding steroid dienone is 1. The summed E-state index contributed by atoms with van der Waals surface area (Å²) in [6, 6.07) is 2.13. The zero-order valence-corrected chi connectivity index (χ0v) is 9.94. The summed E-state index contributed by atoms with van der Waals surface area (Å²) in [6.07, 6.45) is 2.95. The third-order valence-electron chi connectivity index (χ3n) is 2.20. The van der Waals surface area contributed by atoms with Gasteiger partial charge in [-0.2, -0.15) is 0 Å². The fourth-order valence-electron chi connectivity index (χ4n) is 1.31. The van der Waals surface area contributed by atoms with E-state index in [9.17, 15) is 4.79 Å². The zero-order valence-electron chi connectivity index (χ0n) is 9.13. The van der Waals surface area contributed by atoms with Gasteiger partial charge in [0.05, 0.1) is 0 Å². The van der Waals surface area contributed by atoms with Crippen LogP contribution in [0.1, 0.15) is 29.2 Å². The van der Waals surface area contributed by atoms with Gasteiger partial charge in [0.25, 0.3) is 0 Å². The highest BCUT2D eigenvalue weighted by molar-refractivity contribution is 7.12. The molecule has 0 aliphatic carbocycles. The van der Waals surface area contributed by atoms with Crippen LogP contribution in [0.2, 0.25) is 0 Å². The summed E-state index contributed by atoms with van der Waals surface area (Å²) in [5.41, 5.74) is 2.05. The Morgan fingerprint density at radius 2 is 2.07 bits per heavy atom. The lowest BCUT2D eigenvalue weighted by molar-refractivity contribution is -0.105. The number of carbonyl (C=O) groups is 1. The summed E-state index contributed by atoms with van der Waals surface area (Å²) in [7, 11) is 0. The highest BCUT2D eigenvalue weighted by atomic mass is 32.1. The Labute approximate surface area is 89.5 Å². The number of thiophene rings is 1. The fraction of sp³-hybridized carbons (Fsp3) is 0.417. The average Bonchev–Trinajstić information content (AvgIpc) is 2.40. The maximum Gasteiger partial charge on any atom is 0.146 e. The van der Waals surface area contributed by atoms with E-state index in [1.54, 1.807) is 11.3 Å². The third kappa shape index (κ3) is 2.55. The quantitative estimate of drug-likeness (QED) is 0.548. The van der Waals surface area contributed by atoms with Crippen molar-refractivity contribution in [3.8, 4) is 0 Å². The largest absolute Gasteiger partial charge is 0.298 e. The Morgan fingerprint density at radius 3 is 2.43 bits per heavy atom. The molecule has 1 nitrogen and oxygen atoms in total. The summed E-state index contributed by atoms with van der Waals surface area (Å²) < 4.78 is 0. The van der Waals surface area contributed by atoms with Gasteiger partial charge in [0, 0.05) is 9.75 Å². The van der Waals surface area contributed by atoms with Gasteiger partial charge in [0.15, 0.2) is 0 Å². The first-order chi connectivity index (χ1) is 6.54. The first-order valence-corrected chi connectivity index (χ1v) is 5.60. The first kappa shape index (κ1) is 11.2. The van der Waals surface area contributed by atoms with E-state index >= 15 is 0 Å². The number of carbonyl (C=O) groups excluding carboxylic acids is 1. The monoisotopic (exact) mass is 208 g/mol. The molecule has 1 heterocycles. The molecular weight excluding hydrogens is 192 g/mol. The summed E-state index contributed by atoms with van der Waals surface area (Å²) >= 11 is 1.77. The van der Waals surface area contributed by atoms with Gasteiger partial charge in [-0.1, -0.05) is 13.8 Å². The Bertz CT molecular complexity index is 358. The zero-order chi connectivity index (χ0) is 10.7. The van der Waals surface area contributed by atoms with Gasteiger partial charge in [-0.25, -0.2) is 0 Å². The van der Waals surface area contributed by atoms with E-state index in [2.05, 4.69) is 19.9 Å². The number of aryl methyl sites for hydroxylation is 2. The molecule has 1 aromatic heterocycles. The minimum absolute atomic E-state index is 0.298. The van der Waals surface area contributed by atoms with E-state index < -0.39 is 0 Å². The second-order valence-corrected chi connectivity index (χ2v) is 5.25. The van der Waals surface area contributed by atoms with Crippen LogP contribution in [-0.4, -0.2) is 6.29 Å². The van der Waals surface area contributed by atoms with Crippen LogP contribution in [-0.2, 0) is 4.79 Å². The smallest absolute Gasteiger partial charge is 0.146 e. The van der Waals surface area contributed by atoms with Crippen LogP contribution in [0.15, 0.2) is 11.6 Å². The van der Waals surface area contributed by atoms with Crippen LogP contribution >= 0.6 is 11.3 Å². The van der Waals surface area contributed by atoms with Crippen LogP contribution < -0.4 is 0 Å². The van der Waals surface area contributed by atoms with Crippen molar-refractivity contribution in [1.82, 2.24) is 0 Å². The molecule has 0 atom stereocenters. The third-order valence-corrected chi connectivity index (χ3v) is 3.19. The molecule has 0 spiro atoms. The van der Waals surface area contributed by atoms with Gasteiger partial charge in [0.2, 0.25) is 0 Å². The van der Waals surface area contributed by atoms with E-state index in [4.69, 9.17) is 0 Å². The Morgan fingerprint density at radius 1 is 1.43 bits per heavy atom. The van der Waals surface area contributed by atoms with Crippen molar-refractivity contribution < 1.29 is 4.79 Å². The van der Waals surface area contributed by atoms with E-state index in [-0.39, 0.29) is 0 Å². The Kier molecular flexibility index (Phi) is 3.64. The number of hydrogen-bond donors (Lipinski definition) is 0. The fourth-order valence-corrected chi connectivity index (χ4v) is 2.21. The maximum atomic E-state index is 10.8. The number of aldehydes is 1. The lowest BCUT2D eigenvalue weighted by Crippen LogP contribution is -1.94. The standard InChI is InChI=1S/C12H16OS/c1-8(2)12(7-13)6-11-5-9(3)14-10(11)4/h5-8H,1-4H3. The molecule has 0 saturated heterocycles. The predicted molar refractivity (Wildman–Crippen MR) is 62.7 cm³/mol. The molecule has 0 bridgehead atoms. The predicted octanol–water partition coefficient (Wildman–Crippen LogP) is 3.60. The number of hydrogen-bond acceptors (Lipinski definition) is 2. The van der Waals surface area contributed by atoms with Crippen LogP contribution in [0.25, 0.3) is 6.08 Å². The van der Waals surface area contributed by atoms with Gasteiger partial charge in [0.1, 0.15) is 6.29 Å². The molecule has 76 valence electrons. The molecule has 0 fully saturated rings. The van der Waals surface area contributed by atoms with E-state index in [0.29, 0.717) is 5.92 Å². The molecule has 1 aromatic rings. The highest BCUT2D eigenvalue weighted by Crippen LogP contribution is 2.23. The molecule has 0 aliphatic rings. The van der Waals surface area contributed by atoms with Crippen LogP contribution in [0.5, 0.6) is 0 Å². The van der Waals surface area contributed by atoms with Crippen LogP contribution in [0, 0.1) is 19.8 Å². The van der Waals surface area contributed by atoms with Gasteiger partial charge in [-0.05, 0) is 43.0 Å². The molecule has 0 amide bonds. The second-order valence-electron chi connectivity index (χ2n) is 3.79. The van der Waals surface area contributed by atoms with Crippen LogP contribution in [0.3, 0.4) is 0 Å². The summed E-state index contributed by atoms with van der Waals surface area (Å²) in [5.74, 6) is 0.298. The van der Waals surface area contributed by atoms with Gasteiger partial charge >= 0.3 is 0 Å². The lowest BCUT2D eigenvalue weighted by atomic mass is 10.0. The SMILES string of the molecule is Cc1cc(C=C(C=O)C(C)C)c(C)s1. The van der Waals surface area contributed by atoms with Gasteiger partial charge < -0.3 is 0 Å². The van der Waals surface area contributed by atoms with Gasteiger partial charge in [-0.15, -0.1) is 11.3 Å². The normalized spacial score (nSPS) is 12.2. The van der Waals surface area contributed by atoms with Crippen molar-refractivity contribution in [3.05, 3.63) is 27.0 Å². The topological polar surface area (TPSA) is 17.1 Å². The summed E-state index contributed by atoms with van der Waals surface area (Å²) in [6.45, 7) is 8.25. The first-order valence-electron chi connectivity index (χ1n) is 4.78. The van der Waals surface area contributed by atoms with Crippen molar-refractivity contribution in [2.75, 3.05) is 0 Å². The minimum atomic E-state index is 0.298. The molecule has 2 heteroatoms. The van der Waals surface area contributed by atoms with Crippen molar-refractivity contribution in [2.45, 2.75) is 27.7 Å². The average molecular weight is 208 g/mol. The molecule has 0 aromatic carbocycles. The Hall–Kier alpha value is -0.890. The highest BCUT2D eigenvalue weighted by Gasteiger charge is 2.05. The molecule has 0 aliphatic heterocycles. The molecule has 0 unspecified atom stereocenters. The van der Waals surface area contributed by atoms with E-state index in [1.807, 2.05) is 19.9 Å².